The van der Waals surface area contributed by atoms with Crippen molar-refractivity contribution in [2.45, 2.75) is 37.8 Å². The average Bonchev–Trinajstić information content (AvgIpc) is 3.32. The maximum Gasteiger partial charge on any atom is 0.0405 e. The van der Waals surface area contributed by atoms with Crippen LogP contribution in [-0.2, 0) is 12.8 Å². The van der Waals surface area contributed by atoms with Gasteiger partial charge in [0.25, 0.3) is 0 Å². The molecule has 2 unspecified atom stereocenters. The van der Waals surface area contributed by atoms with E-state index >= 15 is 0 Å². The van der Waals surface area contributed by atoms with Gasteiger partial charge in [0.1, 0.15) is 0 Å². The smallest absolute Gasteiger partial charge is 0.0405 e. The van der Waals surface area contributed by atoms with E-state index in [0.29, 0.717) is 12.1 Å². The van der Waals surface area contributed by atoms with Gasteiger partial charge >= 0.3 is 0 Å². The van der Waals surface area contributed by atoms with Crippen molar-refractivity contribution in [3.63, 3.8) is 0 Å². The first-order valence-corrected chi connectivity index (χ1v) is 8.80. The van der Waals surface area contributed by atoms with Gasteiger partial charge in [-0.1, -0.05) is 0 Å². The molecular weight excluding hydrogens is 296 g/mol. The zero-order chi connectivity index (χ0) is 15.9. The predicted molar refractivity (Wildman–Crippen MR) is 96.1 cm³/mol. The minimum absolute atomic E-state index is 0.576. The molecule has 5 heterocycles. The summed E-state index contributed by atoms with van der Waals surface area (Å²) >= 11 is 0. The summed E-state index contributed by atoms with van der Waals surface area (Å²) in [6.45, 7) is 0. The molecule has 2 aliphatic heterocycles. The van der Waals surface area contributed by atoms with E-state index in [1.807, 2.05) is 0 Å². The van der Waals surface area contributed by atoms with Crippen LogP contribution in [0, 0.1) is 0 Å². The van der Waals surface area contributed by atoms with Crippen LogP contribution in [0.2, 0.25) is 0 Å². The molecule has 2 atom stereocenters. The Bertz CT molecular complexity index is 895. The van der Waals surface area contributed by atoms with Crippen LogP contribution in [0.4, 0.5) is 0 Å². The molecule has 5 rings (SSSR count). The van der Waals surface area contributed by atoms with E-state index in [2.05, 4.69) is 68.8 Å². The van der Waals surface area contributed by atoms with Gasteiger partial charge in [-0.05, 0) is 61.4 Å². The van der Waals surface area contributed by atoms with Gasteiger partial charge < -0.3 is 20.3 Å². The fourth-order valence-corrected chi connectivity index (χ4v) is 4.01. The second kappa shape index (κ2) is 5.56. The summed E-state index contributed by atoms with van der Waals surface area (Å²) in [5, 5.41) is 6.04. The van der Waals surface area contributed by atoms with E-state index in [1.165, 1.54) is 24.2 Å². The van der Waals surface area contributed by atoms with Crippen molar-refractivity contribution < 1.29 is 0 Å². The second-order valence-corrected chi connectivity index (χ2v) is 7.08. The molecule has 0 radical (unpaired) electrons. The highest BCUT2D eigenvalue weighted by molar-refractivity contribution is 5.47. The molecule has 0 aromatic carbocycles. The normalized spacial score (nSPS) is 22.8. The molecule has 2 aliphatic rings. The lowest BCUT2D eigenvalue weighted by molar-refractivity contribution is 0.526. The highest BCUT2D eigenvalue weighted by Crippen LogP contribution is 2.19. The van der Waals surface area contributed by atoms with Gasteiger partial charge in [-0.15, -0.1) is 0 Å². The summed E-state index contributed by atoms with van der Waals surface area (Å²) in [4.78, 5) is 10.6. The van der Waals surface area contributed by atoms with Gasteiger partial charge in [0, 0.05) is 58.4 Å². The number of hydrogen-bond donors (Lipinski definition) is 4. The molecule has 3 aromatic heterocycles. The molecule has 4 heteroatoms. The van der Waals surface area contributed by atoms with Crippen LogP contribution in [0.5, 0.6) is 0 Å². The van der Waals surface area contributed by atoms with Crippen molar-refractivity contribution in [1.29, 1.82) is 0 Å². The zero-order valence-electron chi connectivity index (χ0n) is 13.6. The van der Waals surface area contributed by atoms with E-state index in [-0.39, 0.29) is 0 Å². The lowest BCUT2D eigenvalue weighted by Gasteiger charge is -2.13. The molecule has 0 spiro atoms. The van der Waals surface area contributed by atoms with Crippen molar-refractivity contribution in [2.24, 2.45) is 0 Å². The van der Waals surface area contributed by atoms with E-state index in [1.54, 1.807) is 0 Å². The number of H-pyrrole nitrogens is 3. The quantitative estimate of drug-likeness (QED) is 0.499. The molecule has 0 amide bonds. The van der Waals surface area contributed by atoms with Crippen LogP contribution in [0.3, 0.4) is 0 Å². The van der Waals surface area contributed by atoms with Gasteiger partial charge in [-0.2, -0.15) is 0 Å². The number of hydrogen-bond acceptors (Lipinski definition) is 1. The number of rotatable bonds is 0. The summed E-state index contributed by atoms with van der Waals surface area (Å²) in [5.74, 6) is 0. The Kier molecular flexibility index (Phi) is 3.23. The van der Waals surface area contributed by atoms with Gasteiger partial charge in [-0.3, -0.25) is 0 Å². The molecule has 1 saturated heterocycles. The van der Waals surface area contributed by atoms with Crippen LogP contribution >= 0.6 is 0 Å². The first-order valence-electron chi connectivity index (χ1n) is 8.80. The summed E-state index contributed by atoms with van der Waals surface area (Å²) in [7, 11) is 0. The van der Waals surface area contributed by atoms with Crippen LogP contribution in [0.1, 0.15) is 35.6 Å². The van der Waals surface area contributed by atoms with Gasteiger partial charge in [0.2, 0.25) is 0 Å². The monoisotopic (exact) mass is 318 g/mol. The molecular formula is C20H22N4. The minimum atomic E-state index is 0.576. The Morgan fingerprint density at radius 2 is 1.17 bits per heavy atom. The Morgan fingerprint density at radius 3 is 1.71 bits per heavy atom. The summed E-state index contributed by atoms with van der Waals surface area (Å²) in [6.07, 6.45) is 8.98. The number of nitrogens with one attached hydrogen (secondary N) is 4. The molecule has 8 bridgehead atoms. The molecule has 1 fully saturated rings. The Hall–Kier alpha value is -2.46. The van der Waals surface area contributed by atoms with Crippen LogP contribution < -0.4 is 16.0 Å². The van der Waals surface area contributed by atoms with Crippen LogP contribution in [-0.4, -0.2) is 27.0 Å². The second-order valence-electron chi connectivity index (χ2n) is 7.08. The van der Waals surface area contributed by atoms with E-state index in [4.69, 9.17) is 0 Å². The Balaban J connectivity index is 1.59. The number of fused-ring (bicyclic) bond motifs is 8. The number of aromatic nitrogens is 3. The summed E-state index contributed by atoms with van der Waals surface area (Å²) in [6, 6.07) is 14.2. The highest BCUT2D eigenvalue weighted by atomic mass is 15.0. The van der Waals surface area contributed by atoms with E-state index < -0.39 is 0 Å². The maximum absolute atomic E-state index is 3.80. The first-order chi connectivity index (χ1) is 11.8. The third-order valence-electron chi connectivity index (χ3n) is 5.16. The first kappa shape index (κ1) is 13.9. The number of aromatic amines is 3. The van der Waals surface area contributed by atoms with Crippen molar-refractivity contribution in [3.8, 4) is 0 Å². The predicted octanol–water partition coefficient (Wildman–Crippen LogP) is 1.55. The van der Waals surface area contributed by atoms with Crippen molar-refractivity contribution in [2.75, 3.05) is 0 Å². The standard InChI is InChI=1S/C20H22N4/c1-2-14-10-16-5-6-18(23-16)12-20-8-7-19(24-20)11-17-4-3-15(22-17)9-13(1)21-14/h1-6,9-10,19-24H,7-8,11-12H2. The third-order valence-corrected chi connectivity index (χ3v) is 5.16. The maximum atomic E-state index is 3.80. The lowest BCUT2D eigenvalue weighted by atomic mass is 10.1. The Labute approximate surface area is 140 Å². The zero-order valence-corrected chi connectivity index (χ0v) is 13.6. The molecule has 122 valence electrons. The Morgan fingerprint density at radius 1 is 0.625 bits per heavy atom. The molecule has 4 nitrogen and oxygen atoms in total. The molecule has 24 heavy (non-hydrogen) atoms. The van der Waals surface area contributed by atoms with Gasteiger partial charge in [0.15, 0.2) is 0 Å². The van der Waals surface area contributed by atoms with E-state index in [9.17, 15) is 0 Å². The van der Waals surface area contributed by atoms with E-state index in [0.717, 1.165) is 34.9 Å². The van der Waals surface area contributed by atoms with Gasteiger partial charge in [-0.25, -0.2) is 0 Å². The third kappa shape index (κ3) is 2.74. The van der Waals surface area contributed by atoms with Gasteiger partial charge in [0.05, 0.1) is 0 Å². The summed E-state index contributed by atoms with van der Waals surface area (Å²) in [5.41, 5.74) is 4.93. The average molecular weight is 318 g/mol. The highest BCUT2D eigenvalue weighted by Gasteiger charge is 2.24. The fraction of sp³-hybridized carbons (Fsp3) is 0.300. The van der Waals surface area contributed by atoms with Crippen molar-refractivity contribution in [3.05, 3.63) is 69.9 Å². The topological polar surface area (TPSA) is 59.4 Å². The van der Waals surface area contributed by atoms with Crippen LogP contribution in [0.25, 0.3) is 12.2 Å². The van der Waals surface area contributed by atoms with Crippen molar-refractivity contribution >= 4 is 12.2 Å². The molecule has 0 aliphatic carbocycles. The lowest BCUT2D eigenvalue weighted by Crippen LogP contribution is -2.32. The molecule has 4 N–H and O–H groups in total. The minimum Gasteiger partial charge on any atom is -0.359 e. The summed E-state index contributed by atoms with van der Waals surface area (Å²) < 4.78 is 0. The largest absolute Gasteiger partial charge is 0.359 e. The SMILES string of the molecule is C1=c2ccc([nH]2)=Cc2ccc([nH]2)CC2CCC(Cc3ccc1[nH]3)N2. The van der Waals surface area contributed by atoms with Crippen molar-refractivity contribution in [1.82, 2.24) is 20.3 Å². The molecule has 0 saturated carbocycles. The molecule has 3 aromatic rings. The van der Waals surface area contributed by atoms with Crippen LogP contribution in [0.15, 0.2) is 36.4 Å². The fourth-order valence-electron chi connectivity index (χ4n) is 4.01.